The molecule has 0 aliphatic carbocycles. The van der Waals surface area contributed by atoms with Gasteiger partial charge in [0.2, 0.25) is 11.8 Å². The highest BCUT2D eigenvalue weighted by Gasteiger charge is 2.31. The van der Waals surface area contributed by atoms with Gasteiger partial charge in [0.1, 0.15) is 5.54 Å². The van der Waals surface area contributed by atoms with Gasteiger partial charge in [0, 0.05) is 24.4 Å². The van der Waals surface area contributed by atoms with Crippen molar-refractivity contribution in [2.45, 2.75) is 51.7 Å². The van der Waals surface area contributed by atoms with E-state index in [1.807, 2.05) is 62.4 Å². The molecular weight excluding hydrogens is 352 g/mol. The molecule has 2 rings (SSSR count). The molecular formula is C22H30N4O2. The van der Waals surface area contributed by atoms with E-state index in [1.165, 1.54) is 0 Å². The fourth-order valence-electron chi connectivity index (χ4n) is 2.75. The summed E-state index contributed by atoms with van der Waals surface area (Å²) in [5.74, 6) is -0.454. The SMILES string of the molecule is CC(C)NCC(=O)NC(C)(C)C(=O)NC(Cc1ccccn1)c1ccccc1. The summed E-state index contributed by atoms with van der Waals surface area (Å²) in [7, 11) is 0. The molecule has 0 aliphatic heterocycles. The van der Waals surface area contributed by atoms with Crippen molar-refractivity contribution in [2.24, 2.45) is 0 Å². The minimum atomic E-state index is -1.03. The maximum absolute atomic E-state index is 12.9. The number of hydrogen-bond acceptors (Lipinski definition) is 4. The summed E-state index contributed by atoms with van der Waals surface area (Å²) >= 11 is 0. The molecule has 150 valence electrons. The number of pyridine rings is 1. The van der Waals surface area contributed by atoms with Crippen LogP contribution in [0.2, 0.25) is 0 Å². The van der Waals surface area contributed by atoms with Crippen molar-refractivity contribution in [1.82, 2.24) is 20.9 Å². The minimum absolute atomic E-state index is 0.171. The third-order valence-electron chi connectivity index (χ3n) is 4.34. The van der Waals surface area contributed by atoms with Crippen LogP contribution in [0.1, 0.15) is 45.0 Å². The Hall–Kier alpha value is -2.73. The Morgan fingerprint density at radius 2 is 1.71 bits per heavy atom. The Morgan fingerprint density at radius 1 is 1.04 bits per heavy atom. The van der Waals surface area contributed by atoms with Crippen molar-refractivity contribution in [3.63, 3.8) is 0 Å². The van der Waals surface area contributed by atoms with Crippen LogP contribution in [0.3, 0.4) is 0 Å². The molecule has 3 N–H and O–H groups in total. The summed E-state index contributed by atoms with van der Waals surface area (Å²) in [6, 6.07) is 15.5. The van der Waals surface area contributed by atoms with Crippen LogP contribution in [0.15, 0.2) is 54.7 Å². The number of hydrogen-bond donors (Lipinski definition) is 3. The summed E-state index contributed by atoms with van der Waals surface area (Å²) in [5, 5.41) is 8.94. The smallest absolute Gasteiger partial charge is 0.245 e. The second kappa shape index (κ2) is 9.99. The van der Waals surface area contributed by atoms with Crippen molar-refractivity contribution in [3.05, 3.63) is 66.0 Å². The van der Waals surface area contributed by atoms with Crippen LogP contribution in [-0.4, -0.2) is 34.9 Å². The van der Waals surface area contributed by atoms with Crippen molar-refractivity contribution >= 4 is 11.8 Å². The molecule has 1 atom stereocenters. The lowest BCUT2D eigenvalue weighted by molar-refractivity contribution is -0.132. The fraction of sp³-hybridized carbons (Fsp3) is 0.409. The third kappa shape index (κ3) is 6.78. The van der Waals surface area contributed by atoms with E-state index in [-0.39, 0.29) is 30.4 Å². The Balaban J connectivity index is 2.09. The van der Waals surface area contributed by atoms with E-state index in [0.29, 0.717) is 6.42 Å². The highest BCUT2D eigenvalue weighted by molar-refractivity contribution is 5.91. The quantitative estimate of drug-likeness (QED) is 0.622. The first-order chi connectivity index (χ1) is 13.3. The first-order valence-electron chi connectivity index (χ1n) is 9.58. The standard InChI is InChI=1S/C22H30N4O2/c1-16(2)24-15-20(27)26-22(3,4)21(28)25-19(17-10-6-5-7-11-17)14-18-12-8-9-13-23-18/h5-13,16,19,24H,14-15H2,1-4H3,(H,25,28)(H,26,27). The van der Waals surface area contributed by atoms with Crippen LogP contribution in [0, 0.1) is 0 Å². The second-order valence-electron chi connectivity index (χ2n) is 7.67. The molecule has 0 aliphatic rings. The monoisotopic (exact) mass is 382 g/mol. The third-order valence-corrected chi connectivity index (χ3v) is 4.34. The maximum atomic E-state index is 12.9. The van der Waals surface area contributed by atoms with Gasteiger partial charge in [-0.25, -0.2) is 0 Å². The van der Waals surface area contributed by atoms with Gasteiger partial charge < -0.3 is 16.0 Å². The summed E-state index contributed by atoms with van der Waals surface area (Å²) in [6.07, 6.45) is 2.31. The molecule has 0 fully saturated rings. The lowest BCUT2D eigenvalue weighted by Gasteiger charge is -2.29. The molecule has 1 heterocycles. The van der Waals surface area contributed by atoms with E-state index in [4.69, 9.17) is 0 Å². The second-order valence-corrected chi connectivity index (χ2v) is 7.67. The van der Waals surface area contributed by atoms with Gasteiger partial charge in [-0.15, -0.1) is 0 Å². The van der Waals surface area contributed by atoms with Gasteiger partial charge in [0.05, 0.1) is 12.6 Å². The molecule has 0 bridgehead atoms. The molecule has 28 heavy (non-hydrogen) atoms. The number of carbonyl (C=O) groups excluding carboxylic acids is 2. The molecule has 1 unspecified atom stereocenters. The van der Waals surface area contributed by atoms with Gasteiger partial charge in [0.15, 0.2) is 0 Å². The van der Waals surface area contributed by atoms with Crippen LogP contribution in [-0.2, 0) is 16.0 Å². The Labute approximate surface area is 167 Å². The van der Waals surface area contributed by atoms with E-state index >= 15 is 0 Å². The summed E-state index contributed by atoms with van der Waals surface area (Å²) in [5.41, 5.74) is 0.845. The zero-order valence-corrected chi connectivity index (χ0v) is 17.0. The first-order valence-corrected chi connectivity index (χ1v) is 9.58. The van der Waals surface area contributed by atoms with Crippen molar-refractivity contribution < 1.29 is 9.59 Å². The number of benzene rings is 1. The Bertz CT molecular complexity index is 761. The highest BCUT2D eigenvalue weighted by Crippen LogP contribution is 2.18. The predicted molar refractivity (Wildman–Crippen MR) is 111 cm³/mol. The van der Waals surface area contributed by atoms with E-state index in [9.17, 15) is 9.59 Å². The topological polar surface area (TPSA) is 83.1 Å². The van der Waals surface area contributed by atoms with Crippen LogP contribution in [0.25, 0.3) is 0 Å². The molecule has 2 amide bonds. The molecule has 0 radical (unpaired) electrons. The lowest BCUT2D eigenvalue weighted by atomic mass is 9.98. The fourth-order valence-corrected chi connectivity index (χ4v) is 2.75. The number of nitrogens with one attached hydrogen (secondary N) is 3. The minimum Gasteiger partial charge on any atom is -0.347 e. The molecule has 0 saturated heterocycles. The number of aromatic nitrogens is 1. The van der Waals surface area contributed by atoms with Crippen molar-refractivity contribution in [3.8, 4) is 0 Å². The van der Waals surface area contributed by atoms with E-state index < -0.39 is 5.54 Å². The number of rotatable bonds is 9. The molecule has 0 spiro atoms. The molecule has 0 saturated carbocycles. The highest BCUT2D eigenvalue weighted by atomic mass is 16.2. The number of carbonyl (C=O) groups is 2. The lowest BCUT2D eigenvalue weighted by Crippen LogP contribution is -2.57. The average Bonchev–Trinajstić information content (AvgIpc) is 2.67. The summed E-state index contributed by atoms with van der Waals surface area (Å²) in [4.78, 5) is 29.5. The normalized spacial score (nSPS) is 12.5. The Morgan fingerprint density at radius 3 is 2.32 bits per heavy atom. The van der Waals surface area contributed by atoms with Crippen molar-refractivity contribution in [2.75, 3.05) is 6.54 Å². The first kappa shape index (κ1) is 21.6. The largest absolute Gasteiger partial charge is 0.347 e. The van der Waals surface area contributed by atoms with E-state index in [0.717, 1.165) is 11.3 Å². The van der Waals surface area contributed by atoms with Crippen LogP contribution in [0.5, 0.6) is 0 Å². The van der Waals surface area contributed by atoms with E-state index in [1.54, 1.807) is 20.0 Å². The van der Waals surface area contributed by atoms with Gasteiger partial charge in [-0.3, -0.25) is 14.6 Å². The molecule has 6 heteroatoms. The van der Waals surface area contributed by atoms with Gasteiger partial charge in [-0.1, -0.05) is 50.2 Å². The van der Waals surface area contributed by atoms with E-state index in [2.05, 4.69) is 20.9 Å². The summed E-state index contributed by atoms with van der Waals surface area (Å²) in [6.45, 7) is 7.52. The zero-order chi connectivity index (χ0) is 20.6. The molecule has 6 nitrogen and oxygen atoms in total. The van der Waals surface area contributed by atoms with Crippen LogP contribution in [0.4, 0.5) is 0 Å². The predicted octanol–water partition coefficient (Wildman–Crippen LogP) is 2.37. The van der Waals surface area contributed by atoms with Crippen molar-refractivity contribution in [1.29, 1.82) is 0 Å². The van der Waals surface area contributed by atoms with Gasteiger partial charge >= 0.3 is 0 Å². The summed E-state index contributed by atoms with van der Waals surface area (Å²) < 4.78 is 0. The van der Waals surface area contributed by atoms with Crippen LogP contribution < -0.4 is 16.0 Å². The van der Waals surface area contributed by atoms with Gasteiger partial charge in [0.25, 0.3) is 0 Å². The number of amides is 2. The maximum Gasteiger partial charge on any atom is 0.245 e. The molecule has 1 aromatic heterocycles. The average molecular weight is 383 g/mol. The molecule has 2 aromatic rings. The van der Waals surface area contributed by atoms with Crippen LogP contribution >= 0.6 is 0 Å². The van der Waals surface area contributed by atoms with Gasteiger partial charge in [-0.2, -0.15) is 0 Å². The Kier molecular flexibility index (Phi) is 7.70. The molecule has 1 aromatic carbocycles. The number of nitrogens with zero attached hydrogens (tertiary/aromatic N) is 1. The van der Waals surface area contributed by atoms with Gasteiger partial charge in [-0.05, 0) is 31.5 Å². The zero-order valence-electron chi connectivity index (χ0n) is 17.0.